The molecule has 122 heavy (non-hydrogen) atoms. The summed E-state index contributed by atoms with van der Waals surface area (Å²) in [6, 6.07) is 137. The van der Waals surface area contributed by atoms with Crippen molar-refractivity contribution >= 4 is 100 Å². The number of benzene rings is 11. The zero-order valence-electron chi connectivity index (χ0n) is 64.9. The monoisotopic (exact) mass is 1930 g/mol. The Morgan fingerprint density at radius 3 is 1.11 bits per heavy atom. The van der Waals surface area contributed by atoms with Crippen LogP contribution in [-0.4, -0.2) is 64.0 Å². The third-order valence-electron chi connectivity index (χ3n) is 21.2. The fourth-order valence-corrected chi connectivity index (χ4v) is 15.6. The third-order valence-corrected chi connectivity index (χ3v) is 21.2. The van der Waals surface area contributed by atoms with E-state index >= 15 is 0 Å². The summed E-state index contributed by atoms with van der Waals surface area (Å²) in [6.07, 6.45) is 9.04. The molecule has 0 N–H and O–H groups in total. The van der Waals surface area contributed by atoms with E-state index < -0.39 is 0 Å². The molecule has 0 aliphatic carbocycles. The minimum absolute atomic E-state index is 0. The first-order valence-electron chi connectivity index (χ1n) is 39.4. The van der Waals surface area contributed by atoms with Crippen LogP contribution in [0.4, 0.5) is 34.4 Å². The molecule has 0 aliphatic rings. The van der Waals surface area contributed by atoms with E-state index in [1.807, 2.05) is 249 Å². The van der Waals surface area contributed by atoms with Crippen LogP contribution in [0.3, 0.4) is 0 Å². The first kappa shape index (κ1) is 76.7. The van der Waals surface area contributed by atoms with Crippen LogP contribution in [0.15, 0.2) is 395 Å². The Balaban J connectivity index is 0.000000161. The van der Waals surface area contributed by atoms with E-state index in [1.165, 1.54) is 0 Å². The molecule has 0 fully saturated rings. The minimum Gasteiger partial charge on any atom is -0.331 e. The zero-order valence-corrected chi connectivity index (χ0v) is 69.4. The second-order valence-corrected chi connectivity index (χ2v) is 28.7. The van der Waals surface area contributed by atoms with Gasteiger partial charge < -0.3 is 34.3 Å². The maximum atomic E-state index is 5.33. The van der Waals surface area contributed by atoms with Gasteiger partial charge in [-0.15, -0.1) is 119 Å². The van der Waals surface area contributed by atoms with Crippen molar-refractivity contribution in [3.05, 3.63) is 419 Å². The Kier molecular flexibility index (Phi) is 21.4. The van der Waals surface area contributed by atoms with Gasteiger partial charge in [0, 0.05) is 74.9 Å². The van der Waals surface area contributed by atoms with Crippen LogP contribution in [0.5, 0.6) is 0 Å². The predicted molar refractivity (Wildman–Crippen MR) is 481 cm³/mol. The minimum atomic E-state index is 0. The molecule has 0 atom stereocenters. The van der Waals surface area contributed by atoms with Crippen LogP contribution in [0.1, 0.15) is 0 Å². The normalized spacial score (nSPS) is 11.1. The molecule has 580 valence electrons. The van der Waals surface area contributed by atoms with Crippen molar-refractivity contribution in [2.75, 3.05) is 9.80 Å². The molecule has 11 aromatic carbocycles. The maximum Gasteiger partial charge on any atom is 2.00 e. The summed E-state index contributed by atoms with van der Waals surface area (Å²) in [6.45, 7) is 0. The molecule has 0 saturated heterocycles. The summed E-state index contributed by atoms with van der Waals surface area (Å²) < 4.78 is 4.41. The molecule has 22 aromatic rings. The van der Waals surface area contributed by atoms with Crippen LogP contribution < -0.4 is 9.80 Å². The molecule has 22 rings (SSSR count). The fraction of sp³-hybridized carbons (Fsp3) is 0. The van der Waals surface area contributed by atoms with Crippen molar-refractivity contribution < 1.29 is 42.1 Å². The van der Waals surface area contributed by atoms with Gasteiger partial charge in [-0.3, -0.25) is 4.57 Å². The van der Waals surface area contributed by atoms with E-state index in [-0.39, 0.29) is 42.1 Å². The van der Waals surface area contributed by atoms with E-state index in [0.29, 0.717) is 23.4 Å². The van der Waals surface area contributed by atoms with Gasteiger partial charge in [-0.25, -0.2) is 24.9 Å². The fourth-order valence-electron chi connectivity index (χ4n) is 15.6. The standard InChI is InChI=1S/C57H35N9.C48H30N6.2Pt/c1-3-15-38(16-4-1)55-62-56(39-17-5-2-6-18-39)64-57(63-55)66-51-28-27-40(35-47(51)54-52(66)36-44-19-7-8-26-50(44)61-54)41-29-32-60-53(37-41)65(45-22-13-20-42(33-45)48-24-9-11-30-58-48)46-23-14-21-43(34-46)49-25-10-12-31-59-49;1-2-16-37(17-3-1)54-45-26-25-36(31-40(45)48-46(54)32-35-13-4-5-22-44(35)52-48)43-23-12-24-47(51-43)53(38-18-10-14-33(29-38)41-20-6-8-27-49-41)39-19-11-15-34(30-39)42-21-7-9-28-50-42;;/h1-32,35-37H;1-28,31-32H;;/q2*-2;2*+2. The van der Waals surface area contributed by atoms with Crippen molar-refractivity contribution in [3.63, 3.8) is 0 Å². The van der Waals surface area contributed by atoms with Gasteiger partial charge in [0.1, 0.15) is 11.6 Å². The summed E-state index contributed by atoms with van der Waals surface area (Å²) in [5.74, 6) is 3.09. The number of aromatic nitrogens is 13. The van der Waals surface area contributed by atoms with Gasteiger partial charge in [-0.2, -0.15) is 9.97 Å². The van der Waals surface area contributed by atoms with Gasteiger partial charge in [-0.1, -0.05) is 182 Å². The molecule has 0 amide bonds. The van der Waals surface area contributed by atoms with Crippen LogP contribution in [0, 0.1) is 24.3 Å². The second kappa shape index (κ2) is 34.0. The van der Waals surface area contributed by atoms with Crippen LogP contribution in [-0.2, 0) is 42.1 Å². The molecule has 0 bridgehead atoms. The van der Waals surface area contributed by atoms with E-state index in [2.05, 4.69) is 184 Å². The number of rotatable bonds is 16. The van der Waals surface area contributed by atoms with Crippen molar-refractivity contribution in [2.45, 2.75) is 0 Å². The van der Waals surface area contributed by atoms with Gasteiger partial charge in [0.25, 0.3) is 0 Å². The predicted octanol–water partition coefficient (Wildman–Crippen LogP) is 24.7. The van der Waals surface area contributed by atoms with E-state index in [4.69, 9.17) is 34.9 Å². The number of fused-ring (bicyclic) bond motifs is 8. The molecule has 15 nitrogen and oxygen atoms in total. The first-order valence-corrected chi connectivity index (χ1v) is 39.4. The van der Waals surface area contributed by atoms with Crippen molar-refractivity contribution in [1.29, 1.82) is 0 Å². The number of anilines is 6. The van der Waals surface area contributed by atoms with E-state index in [1.54, 1.807) is 24.8 Å². The van der Waals surface area contributed by atoms with Gasteiger partial charge in [0.2, 0.25) is 5.95 Å². The number of hydrogen-bond acceptors (Lipinski definition) is 13. The molecular formula is C105H65N15Pt2. The first-order chi connectivity index (χ1) is 59.5. The average molecular weight is 1930 g/mol. The SMILES string of the molecule is [Pt+2].[Pt+2].[c-]1c(-c2ccccn2)cccc1N(c1[c-]c(-c2ccccn2)ccc1)c1cc(-c2ccc3c(c2)c2nc4ccccc4cc2n3-c2nc(-c3ccccc3)nc(-c3ccccc3)n2)ccn1.[c-]1c(-c2ccccn2)cccc1N(c1[c-]c(-c2ccccn2)ccc1)c1cccc(-c2ccc3c(c2)c2nc4ccccc4cc2n3-c2ccccc2)n1. The third kappa shape index (κ3) is 15.1. The number of pyridine rings is 8. The summed E-state index contributed by atoms with van der Waals surface area (Å²) in [4.78, 5) is 58.8. The van der Waals surface area contributed by atoms with Crippen LogP contribution in [0.25, 0.3) is 168 Å². The van der Waals surface area contributed by atoms with Gasteiger partial charge >= 0.3 is 42.1 Å². The number of nitrogens with zero attached hydrogens (tertiary/aromatic N) is 15. The Hall–Kier alpha value is -15.3. The molecule has 0 unspecified atom stereocenters. The van der Waals surface area contributed by atoms with Crippen molar-refractivity contribution in [3.8, 4) is 102 Å². The largest absolute Gasteiger partial charge is 2.00 e. The molecule has 0 radical (unpaired) electrons. The Morgan fingerprint density at radius 1 is 0.238 bits per heavy atom. The van der Waals surface area contributed by atoms with Gasteiger partial charge in [0.15, 0.2) is 11.6 Å². The van der Waals surface area contributed by atoms with Crippen LogP contribution in [0.2, 0.25) is 0 Å². The Bertz CT molecular complexity index is 7340. The molecule has 0 saturated carbocycles. The Labute approximate surface area is 731 Å². The number of hydrogen-bond donors (Lipinski definition) is 0. The van der Waals surface area contributed by atoms with Gasteiger partial charge in [0.05, 0.1) is 49.8 Å². The maximum absolute atomic E-state index is 5.33. The molecule has 0 aliphatic heterocycles. The van der Waals surface area contributed by atoms with Crippen LogP contribution >= 0.6 is 0 Å². The summed E-state index contributed by atoms with van der Waals surface area (Å²) in [5.41, 5.74) is 24.3. The molecule has 11 heterocycles. The Morgan fingerprint density at radius 2 is 0.631 bits per heavy atom. The number of para-hydroxylation sites is 3. The molecule has 0 spiro atoms. The molecule has 17 heteroatoms. The molecular weight excluding hydrogens is 1860 g/mol. The quantitative estimate of drug-likeness (QED) is 0.0842. The smallest absolute Gasteiger partial charge is 0.331 e. The molecule has 11 aromatic heterocycles. The summed E-state index contributed by atoms with van der Waals surface area (Å²) >= 11 is 0. The summed E-state index contributed by atoms with van der Waals surface area (Å²) in [5, 5.41) is 4.14. The average Bonchev–Trinajstić information content (AvgIpc) is 1.58. The van der Waals surface area contributed by atoms with E-state index in [9.17, 15) is 0 Å². The topological polar surface area (TPSA) is 158 Å². The van der Waals surface area contributed by atoms with E-state index in [0.717, 1.165) is 178 Å². The van der Waals surface area contributed by atoms with Crippen molar-refractivity contribution in [2.24, 2.45) is 0 Å². The van der Waals surface area contributed by atoms with Gasteiger partial charge in [-0.05, 0) is 166 Å². The zero-order chi connectivity index (χ0) is 79.7. The van der Waals surface area contributed by atoms with Crippen molar-refractivity contribution in [1.82, 2.24) is 64.0 Å². The summed E-state index contributed by atoms with van der Waals surface area (Å²) in [7, 11) is 0. The second-order valence-electron chi connectivity index (χ2n) is 28.7.